The van der Waals surface area contributed by atoms with E-state index in [1.165, 1.54) is 31.3 Å². The summed E-state index contributed by atoms with van der Waals surface area (Å²) in [4.78, 5) is 29.8. The minimum absolute atomic E-state index is 0.0935. The van der Waals surface area contributed by atoms with Crippen molar-refractivity contribution in [1.82, 2.24) is 15.5 Å². The van der Waals surface area contributed by atoms with Gasteiger partial charge in [0, 0.05) is 50.0 Å². The lowest BCUT2D eigenvalue weighted by Crippen LogP contribution is -2.56. The summed E-state index contributed by atoms with van der Waals surface area (Å²) in [6, 6.07) is 11.1. The van der Waals surface area contributed by atoms with Gasteiger partial charge in [0.2, 0.25) is 0 Å². The third-order valence-corrected chi connectivity index (χ3v) is 6.78. The zero-order valence-electron chi connectivity index (χ0n) is 19.5. The highest BCUT2D eigenvalue weighted by atomic mass is 19.1. The van der Waals surface area contributed by atoms with Gasteiger partial charge in [0.15, 0.2) is 6.10 Å². The standard InChI is InChI=1S/C25H29FN4O5/c1-27-25(32)35-22-15-34-21-7-6-18(29-8-10-30(11-9-29)19-13-33-14-19)12-20(21)23(22)28-24(31)16-2-4-17(26)5-3-16/h2-7,12,19,22-23H,8-11,13-15H2,1H3,(H,27,32)(H,28,31)/t22-,23-/m0/s1. The van der Waals surface area contributed by atoms with E-state index in [2.05, 4.69) is 20.4 Å². The van der Waals surface area contributed by atoms with Crippen LogP contribution in [0.2, 0.25) is 0 Å². The monoisotopic (exact) mass is 484 g/mol. The van der Waals surface area contributed by atoms with Crippen LogP contribution >= 0.6 is 0 Å². The Morgan fingerprint density at radius 2 is 1.77 bits per heavy atom. The minimum atomic E-state index is -0.738. The Kier molecular flexibility index (Phi) is 6.74. The molecule has 186 valence electrons. The first-order valence-electron chi connectivity index (χ1n) is 11.8. The van der Waals surface area contributed by atoms with E-state index < -0.39 is 30.0 Å². The Hall–Kier alpha value is -3.37. The van der Waals surface area contributed by atoms with Gasteiger partial charge in [0.25, 0.3) is 5.91 Å². The van der Waals surface area contributed by atoms with E-state index in [-0.39, 0.29) is 6.61 Å². The van der Waals surface area contributed by atoms with Gasteiger partial charge in [-0.2, -0.15) is 0 Å². The zero-order valence-corrected chi connectivity index (χ0v) is 19.5. The molecule has 2 fully saturated rings. The first kappa shape index (κ1) is 23.4. The highest BCUT2D eigenvalue weighted by Crippen LogP contribution is 2.37. The summed E-state index contributed by atoms with van der Waals surface area (Å²) in [6.07, 6.45) is -1.35. The van der Waals surface area contributed by atoms with Gasteiger partial charge < -0.3 is 29.7 Å². The molecule has 3 heterocycles. The summed E-state index contributed by atoms with van der Waals surface area (Å²) in [5.41, 5.74) is 2.05. The van der Waals surface area contributed by atoms with Gasteiger partial charge in [-0.3, -0.25) is 9.69 Å². The summed E-state index contributed by atoms with van der Waals surface area (Å²) < 4.78 is 30.1. The lowest BCUT2D eigenvalue weighted by Gasteiger charge is -2.43. The Bertz CT molecular complexity index is 1070. The second kappa shape index (κ2) is 10.1. The summed E-state index contributed by atoms with van der Waals surface area (Å²) in [7, 11) is 1.47. The number of carbonyl (C=O) groups is 2. The maximum atomic E-state index is 13.3. The average Bonchev–Trinajstić information content (AvgIpc) is 2.85. The number of nitrogens with zero attached hydrogens (tertiary/aromatic N) is 2. The average molecular weight is 485 g/mol. The van der Waals surface area contributed by atoms with Gasteiger partial charge in [-0.1, -0.05) is 0 Å². The van der Waals surface area contributed by atoms with Crippen LogP contribution in [-0.2, 0) is 9.47 Å². The van der Waals surface area contributed by atoms with Gasteiger partial charge in [0.1, 0.15) is 18.2 Å². The summed E-state index contributed by atoms with van der Waals surface area (Å²) in [6.45, 7) is 5.36. The highest BCUT2D eigenvalue weighted by Gasteiger charge is 2.36. The molecule has 2 amide bonds. The van der Waals surface area contributed by atoms with Crippen molar-refractivity contribution >= 4 is 17.7 Å². The first-order valence-corrected chi connectivity index (χ1v) is 11.8. The van der Waals surface area contributed by atoms with E-state index in [9.17, 15) is 14.0 Å². The Morgan fingerprint density at radius 3 is 2.43 bits per heavy atom. The van der Waals surface area contributed by atoms with Gasteiger partial charge in [-0.05, 0) is 42.5 Å². The molecular weight excluding hydrogens is 455 g/mol. The van der Waals surface area contributed by atoms with Crippen LogP contribution in [0.5, 0.6) is 5.75 Å². The molecule has 0 aliphatic carbocycles. The second-order valence-electron chi connectivity index (χ2n) is 8.90. The van der Waals surface area contributed by atoms with E-state index in [1.807, 2.05) is 18.2 Å². The number of amides is 2. The maximum Gasteiger partial charge on any atom is 0.407 e. The lowest BCUT2D eigenvalue weighted by atomic mass is 9.96. The minimum Gasteiger partial charge on any atom is -0.489 e. The molecule has 0 unspecified atom stereocenters. The number of fused-ring (bicyclic) bond motifs is 1. The van der Waals surface area contributed by atoms with Crippen LogP contribution in [0.4, 0.5) is 14.9 Å². The van der Waals surface area contributed by atoms with E-state index in [1.54, 1.807) is 0 Å². The highest BCUT2D eigenvalue weighted by molar-refractivity contribution is 5.94. The molecule has 0 saturated carbocycles. The molecule has 2 aromatic carbocycles. The van der Waals surface area contributed by atoms with Crippen LogP contribution in [0.25, 0.3) is 0 Å². The summed E-state index contributed by atoms with van der Waals surface area (Å²) in [5, 5.41) is 5.41. The fourth-order valence-corrected chi connectivity index (χ4v) is 4.65. The van der Waals surface area contributed by atoms with E-state index in [0.29, 0.717) is 17.4 Å². The number of nitrogens with one attached hydrogen (secondary N) is 2. The number of piperazine rings is 1. The van der Waals surface area contributed by atoms with Crippen LogP contribution in [-0.4, -0.2) is 82.1 Å². The maximum absolute atomic E-state index is 13.3. The van der Waals surface area contributed by atoms with Crippen molar-refractivity contribution in [1.29, 1.82) is 0 Å². The van der Waals surface area contributed by atoms with Crippen molar-refractivity contribution in [2.45, 2.75) is 18.2 Å². The number of hydrogen-bond donors (Lipinski definition) is 2. The van der Waals surface area contributed by atoms with Gasteiger partial charge in [0.05, 0.1) is 25.3 Å². The Labute approximate surface area is 203 Å². The molecule has 9 nitrogen and oxygen atoms in total. The third kappa shape index (κ3) is 5.03. The summed E-state index contributed by atoms with van der Waals surface area (Å²) >= 11 is 0. The largest absolute Gasteiger partial charge is 0.489 e. The number of carbonyl (C=O) groups excluding carboxylic acids is 2. The van der Waals surface area contributed by atoms with Gasteiger partial charge in [-0.15, -0.1) is 0 Å². The van der Waals surface area contributed by atoms with Crippen molar-refractivity contribution < 1.29 is 28.2 Å². The fourth-order valence-electron chi connectivity index (χ4n) is 4.65. The Morgan fingerprint density at radius 1 is 1.03 bits per heavy atom. The third-order valence-electron chi connectivity index (χ3n) is 6.78. The molecule has 10 heteroatoms. The number of halogens is 1. The molecule has 2 saturated heterocycles. The first-order chi connectivity index (χ1) is 17.0. The lowest BCUT2D eigenvalue weighted by molar-refractivity contribution is -0.0660. The topological polar surface area (TPSA) is 92.4 Å². The predicted octanol–water partition coefficient (Wildman–Crippen LogP) is 1.93. The SMILES string of the molecule is CNC(=O)O[C@H]1COc2ccc(N3CCN(C4COC4)CC3)cc2[C@@H]1NC(=O)c1ccc(F)cc1. The number of hydrogen-bond acceptors (Lipinski definition) is 7. The van der Waals surface area contributed by atoms with E-state index >= 15 is 0 Å². The molecule has 2 N–H and O–H groups in total. The number of ether oxygens (including phenoxy) is 3. The van der Waals surface area contributed by atoms with Crippen LogP contribution in [0.3, 0.4) is 0 Å². The molecule has 3 aliphatic rings. The molecular formula is C25H29FN4O5. The van der Waals surface area contributed by atoms with Crippen molar-refractivity contribution in [3.63, 3.8) is 0 Å². The number of anilines is 1. The number of alkyl carbamates (subject to hydrolysis) is 1. The number of benzene rings is 2. The van der Waals surface area contributed by atoms with Crippen molar-refractivity contribution in [3.05, 3.63) is 59.4 Å². The molecule has 5 rings (SSSR count). The zero-order chi connectivity index (χ0) is 24.4. The molecule has 35 heavy (non-hydrogen) atoms. The molecule has 2 aromatic rings. The predicted molar refractivity (Wildman–Crippen MR) is 126 cm³/mol. The fraction of sp³-hybridized carbons (Fsp3) is 0.440. The van der Waals surface area contributed by atoms with Gasteiger partial charge in [-0.25, -0.2) is 9.18 Å². The van der Waals surface area contributed by atoms with Gasteiger partial charge >= 0.3 is 6.09 Å². The van der Waals surface area contributed by atoms with E-state index in [4.69, 9.17) is 14.2 Å². The Balaban J connectivity index is 1.38. The molecule has 0 aromatic heterocycles. The van der Waals surface area contributed by atoms with Crippen LogP contribution in [0.15, 0.2) is 42.5 Å². The molecule has 3 aliphatic heterocycles. The normalized spacial score (nSPS) is 22.4. The van der Waals surface area contributed by atoms with E-state index in [0.717, 1.165) is 50.6 Å². The van der Waals surface area contributed by atoms with Crippen LogP contribution in [0, 0.1) is 5.82 Å². The second-order valence-corrected chi connectivity index (χ2v) is 8.90. The molecule has 2 atom stereocenters. The molecule has 0 radical (unpaired) electrons. The molecule has 0 bridgehead atoms. The molecule has 0 spiro atoms. The van der Waals surface area contributed by atoms with Crippen LogP contribution < -0.4 is 20.3 Å². The number of rotatable bonds is 5. The quantitative estimate of drug-likeness (QED) is 0.670. The van der Waals surface area contributed by atoms with Crippen molar-refractivity contribution in [2.24, 2.45) is 0 Å². The summed E-state index contributed by atoms with van der Waals surface area (Å²) in [5.74, 6) is -0.191. The van der Waals surface area contributed by atoms with Crippen LogP contribution in [0.1, 0.15) is 22.0 Å². The van der Waals surface area contributed by atoms with Crippen molar-refractivity contribution in [3.8, 4) is 5.75 Å². The van der Waals surface area contributed by atoms with Crippen molar-refractivity contribution in [2.75, 3.05) is 57.9 Å². The smallest absolute Gasteiger partial charge is 0.407 e.